The minimum absolute atomic E-state index is 0.507. The van der Waals surface area contributed by atoms with Gasteiger partial charge in [-0.05, 0) is 37.8 Å². The number of nitrogens with one attached hydrogen (secondary N) is 3. The number of hydrogen-bond acceptors (Lipinski definition) is 5. The smallest absolute Gasteiger partial charge is 0.216 e. The van der Waals surface area contributed by atoms with Crippen molar-refractivity contribution >= 4 is 5.96 Å². The van der Waals surface area contributed by atoms with Gasteiger partial charge in [0, 0.05) is 45.2 Å². The van der Waals surface area contributed by atoms with E-state index in [2.05, 4.69) is 35.7 Å². The molecule has 2 aliphatic rings. The second kappa shape index (κ2) is 7.90. The quantitative estimate of drug-likeness (QED) is 0.534. The molecule has 140 valence electrons. The zero-order chi connectivity index (χ0) is 17.8. The number of hydrogen-bond donors (Lipinski definition) is 3. The molecule has 0 bridgehead atoms. The fraction of sp³-hybridized carbons (Fsp3) is 0.611. The van der Waals surface area contributed by atoms with Crippen molar-refractivity contribution in [2.24, 2.45) is 4.99 Å². The van der Waals surface area contributed by atoms with Crippen LogP contribution in [0.25, 0.3) is 11.6 Å². The molecule has 4 rings (SSSR count). The average Bonchev–Trinajstić information content (AvgIpc) is 3.17. The largest absolute Gasteiger partial charge is 0.461 e. The number of likely N-dealkylation sites (tertiary alicyclic amines) is 1. The van der Waals surface area contributed by atoms with Gasteiger partial charge in [-0.25, -0.2) is 4.98 Å². The highest BCUT2D eigenvalue weighted by Crippen LogP contribution is 2.29. The summed E-state index contributed by atoms with van der Waals surface area (Å²) in [5, 5.41) is 14.1. The van der Waals surface area contributed by atoms with Crippen molar-refractivity contribution in [2.45, 2.75) is 44.2 Å². The molecule has 1 aliphatic carbocycles. The van der Waals surface area contributed by atoms with E-state index in [1.165, 1.54) is 38.8 Å². The van der Waals surface area contributed by atoms with Gasteiger partial charge in [0.25, 0.3) is 0 Å². The van der Waals surface area contributed by atoms with Crippen LogP contribution in [0.4, 0.5) is 0 Å². The van der Waals surface area contributed by atoms with Gasteiger partial charge in [-0.3, -0.25) is 10.1 Å². The zero-order valence-electron chi connectivity index (χ0n) is 15.2. The Balaban J connectivity index is 1.19. The van der Waals surface area contributed by atoms with Crippen LogP contribution in [0, 0.1) is 0 Å². The molecule has 3 N–H and O–H groups in total. The molecule has 0 spiro atoms. The van der Waals surface area contributed by atoms with Crippen molar-refractivity contribution in [3.8, 4) is 11.6 Å². The summed E-state index contributed by atoms with van der Waals surface area (Å²) in [5.74, 6) is 2.96. The number of aromatic nitrogens is 3. The van der Waals surface area contributed by atoms with Gasteiger partial charge in [0.15, 0.2) is 11.7 Å². The highest BCUT2D eigenvalue weighted by molar-refractivity contribution is 5.79. The molecular weight excluding hydrogens is 330 g/mol. The van der Waals surface area contributed by atoms with Crippen LogP contribution in [-0.4, -0.2) is 64.8 Å². The van der Waals surface area contributed by atoms with Crippen LogP contribution in [-0.2, 0) is 6.42 Å². The predicted octanol–water partition coefficient (Wildman–Crippen LogP) is 1.40. The molecule has 0 amide bonds. The second-order valence-electron chi connectivity index (χ2n) is 7.02. The lowest BCUT2D eigenvalue weighted by molar-refractivity contribution is 0.197. The zero-order valence-corrected chi connectivity index (χ0v) is 15.2. The van der Waals surface area contributed by atoms with Crippen molar-refractivity contribution in [3.63, 3.8) is 0 Å². The number of furan rings is 1. The van der Waals surface area contributed by atoms with Gasteiger partial charge in [0.1, 0.15) is 5.82 Å². The third-order valence-corrected chi connectivity index (χ3v) is 5.08. The summed E-state index contributed by atoms with van der Waals surface area (Å²) in [7, 11) is 1.82. The minimum Gasteiger partial charge on any atom is -0.461 e. The Morgan fingerprint density at radius 2 is 2.19 bits per heavy atom. The molecule has 3 heterocycles. The normalized spacial score (nSPS) is 19.7. The average molecular weight is 357 g/mol. The number of aromatic amines is 1. The van der Waals surface area contributed by atoms with Gasteiger partial charge >= 0.3 is 0 Å². The predicted molar refractivity (Wildman–Crippen MR) is 99.9 cm³/mol. The molecule has 0 unspecified atom stereocenters. The van der Waals surface area contributed by atoms with Gasteiger partial charge in [-0.15, -0.1) is 0 Å². The first-order chi connectivity index (χ1) is 12.8. The second-order valence-corrected chi connectivity index (χ2v) is 7.02. The van der Waals surface area contributed by atoms with Gasteiger partial charge < -0.3 is 20.0 Å². The molecule has 0 aromatic carbocycles. The fourth-order valence-electron chi connectivity index (χ4n) is 3.46. The van der Waals surface area contributed by atoms with E-state index in [0.717, 1.165) is 30.8 Å². The Labute approximate surface area is 153 Å². The molecule has 0 radical (unpaired) electrons. The van der Waals surface area contributed by atoms with Crippen LogP contribution in [0.1, 0.15) is 31.5 Å². The lowest BCUT2D eigenvalue weighted by Crippen LogP contribution is -2.49. The Kier molecular flexibility index (Phi) is 5.19. The van der Waals surface area contributed by atoms with E-state index >= 15 is 0 Å². The lowest BCUT2D eigenvalue weighted by Gasteiger charge is -2.33. The van der Waals surface area contributed by atoms with E-state index < -0.39 is 0 Å². The molecule has 1 saturated carbocycles. The summed E-state index contributed by atoms with van der Waals surface area (Å²) >= 11 is 0. The van der Waals surface area contributed by atoms with Crippen LogP contribution in [0.3, 0.4) is 0 Å². The molecular formula is C18H27N7O. The number of nitrogens with zero attached hydrogens (tertiary/aromatic N) is 4. The fourth-order valence-corrected chi connectivity index (χ4v) is 3.46. The van der Waals surface area contributed by atoms with Crippen molar-refractivity contribution in [1.82, 2.24) is 30.7 Å². The van der Waals surface area contributed by atoms with E-state index in [-0.39, 0.29) is 0 Å². The number of H-pyrrole nitrogens is 1. The van der Waals surface area contributed by atoms with Crippen LogP contribution < -0.4 is 10.6 Å². The summed E-state index contributed by atoms with van der Waals surface area (Å²) in [6.07, 6.45) is 7.53. The molecule has 1 aliphatic heterocycles. The summed E-state index contributed by atoms with van der Waals surface area (Å²) in [5.41, 5.74) is 0. The topological polar surface area (TPSA) is 94.4 Å². The summed E-state index contributed by atoms with van der Waals surface area (Å²) in [6, 6.07) is 5.07. The summed E-state index contributed by atoms with van der Waals surface area (Å²) in [6.45, 7) is 3.15. The molecule has 26 heavy (non-hydrogen) atoms. The van der Waals surface area contributed by atoms with Gasteiger partial charge in [0.2, 0.25) is 5.82 Å². The maximum Gasteiger partial charge on any atom is 0.216 e. The van der Waals surface area contributed by atoms with Crippen molar-refractivity contribution < 1.29 is 4.42 Å². The minimum atomic E-state index is 0.507. The maximum atomic E-state index is 5.31. The van der Waals surface area contributed by atoms with E-state index in [4.69, 9.17) is 4.42 Å². The van der Waals surface area contributed by atoms with Crippen LogP contribution >= 0.6 is 0 Å². The first-order valence-electron chi connectivity index (χ1n) is 9.48. The number of guanidine groups is 1. The Morgan fingerprint density at radius 3 is 2.88 bits per heavy atom. The van der Waals surface area contributed by atoms with Crippen LogP contribution in [0.5, 0.6) is 0 Å². The highest BCUT2D eigenvalue weighted by Gasteiger charge is 2.31. The first kappa shape index (κ1) is 17.1. The van der Waals surface area contributed by atoms with Gasteiger partial charge in [0.05, 0.1) is 6.26 Å². The monoisotopic (exact) mass is 357 g/mol. The lowest BCUT2D eigenvalue weighted by atomic mass is 10.1. The van der Waals surface area contributed by atoms with E-state index in [1.54, 1.807) is 6.26 Å². The van der Waals surface area contributed by atoms with Crippen LogP contribution in [0.2, 0.25) is 0 Å². The summed E-state index contributed by atoms with van der Waals surface area (Å²) in [4.78, 5) is 11.4. The highest BCUT2D eigenvalue weighted by atomic mass is 16.3. The number of piperidine rings is 1. The van der Waals surface area contributed by atoms with E-state index in [0.29, 0.717) is 17.6 Å². The Morgan fingerprint density at radius 1 is 1.35 bits per heavy atom. The van der Waals surface area contributed by atoms with Gasteiger partial charge in [-0.2, -0.15) is 5.10 Å². The third kappa shape index (κ3) is 4.24. The molecule has 8 heteroatoms. The number of aliphatic imine (C=N–C) groups is 1. The molecule has 8 nitrogen and oxygen atoms in total. The molecule has 0 atom stereocenters. The standard InChI is InChI=1S/C18H27N7O/c1-19-18(21-13-7-10-25(11-8-13)14-4-5-14)20-9-6-16-22-17(24-23-16)15-3-2-12-26-15/h2-3,12-14H,4-11H2,1H3,(H2,19,20,21)(H,22,23,24). The van der Waals surface area contributed by atoms with Crippen LogP contribution in [0.15, 0.2) is 27.8 Å². The van der Waals surface area contributed by atoms with E-state index in [9.17, 15) is 0 Å². The summed E-state index contributed by atoms with van der Waals surface area (Å²) < 4.78 is 5.31. The first-order valence-corrected chi connectivity index (χ1v) is 9.48. The molecule has 2 fully saturated rings. The number of rotatable bonds is 6. The van der Waals surface area contributed by atoms with Gasteiger partial charge in [-0.1, -0.05) is 0 Å². The SMILES string of the molecule is CN=C(NCCc1nc(-c2ccco2)n[nH]1)NC1CCN(C2CC2)CC1. The van der Waals surface area contributed by atoms with Crippen molar-refractivity contribution in [1.29, 1.82) is 0 Å². The van der Waals surface area contributed by atoms with Crippen molar-refractivity contribution in [2.75, 3.05) is 26.7 Å². The van der Waals surface area contributed by atoms with Crippen molar-refractivity contribution in [3.05, 3.63) is 24.2 Å². The molecule has 2 aromatic heterocycles. The Hall–Kier alpha value is -2.35. The Bertz CT molecular complexity index is 712. The molecule has 1 saturated heterocycles. The van der Waals surface area contributed by atoms with E-state index in [1.807, 2.05) is 19.2 Å². The third-order valence-electron chi connectivity index (χ3n) is 5.08. The molecule has 2 aromatic rings. The maximum absolute atomic E-state index is 5.31.